The number of methoxy groups -OCH3 is 2. The number of allylic oxidation sites excluding steroid dienone is 2. The summed E-state index contributed by atoms with van der Waals surface area (Å²) in [4.78, 5) is 52.9. The molecule has 10 nitrogen and oxygen atoms in total. The van der Waals surface area contributed by atoms with Crippen molar-refractivity contribution in [3.8, 4) is 11.5 Å². The first-order chi connectivity index (χ1) is 25.2. The van der Waals surface area contributed by atoms with Crippen molar-refractivity contribution in [2.75, 3.05) is 27.4 Å². The van der Waals surface area contributed by atoms with Gasteiger partial charge in [0, 0.05) is 11.8 Å². The van der Waals surface area contributed by atoms with Gasteiger partial charge in [-0.2, -0.15) is 0 Å². The highest BCUT2D eigenvalue weighted by Crippen LogP contribution is 2.41. The molecule has 0 saturated carbocycles. The van der Waals surface area contributed by atoms with Gasteiger partial charge in [-0.3, -0.25) is 19.2 Å². The Balaban J connectivity index is 1.84. The fourth-order valence-corrected chi connectivity index (χ4v) is 6.37. The number of esters is 2. The van der Waals surface area contributed by atoms with Crippen LogP contribution >= 0.6 is 0 Å². The summed E-state index contributed by atoms with van der Waals surface area (Å²) < 4.78 is 21.5. The Morgan fingerprint density at radius 1 is 0.538 bits per heavy atom. The molecule has 0 heterocycles. The molecule has 0 fully saturated rings. The summed E-state index contributed by atoms with van der Waals surface area (Å²) in [5.41, 5.74) is -0.0156. The van der Waals surface area contributed by atoms with Crippen LogP contribution in [0.3, 0.4) is 0 Å². The number of benzene rings is 2. The molecule has 1 aliphatic rings. The summed E-state index contributed by atoms with van der Waals surface area (Å²) in [6.07, 6.45) is 12.7. The first-order valence-electron chi connectivity index (χ1n) is 18.7. The van der Waals surface area contributed by atoms with Crippen LogP contribution in [0.4, 0.5) is 0 Å². The number of Topliss-reactive ketones (excluding diaryl/α,β-unsaturated/α-hetero) is 2. The monoisotopic (exact) mass is 720 g/mol. The maximum atomic E-state index is 13.9. The molecule has 2 unspecified atom stereocenters. The van der Waals surface area contributed by atoms with Crippen molar-refractivity contribution < 1.29 is 48.3 Å². The topological polar surface area (TPSA) is 146 Å². The zero-order valence-corrected chi connectivity index (χ0v) is 31.2. The van der Waals surface area contributed by atoms with Crippen molar-refractivity contribution in [1.29, 1.82) is 0 Å². The largest absolute Gasteiger partial charge is 0.504 e. The lowest BCUT2D eigenvalue weighted by Crippen LogP contribution is -2.31. The van der Waals surface area contributed by atoms with Crippen LogP contribution in [0.1, 0.15) is 127 Å². The second-order valence-electron chi connectivity index (χ2n) is 13.2. The molecule has 0 saturated heterocycles. The van der Waals surface area contributed by atoms with Crippen LogP contribution in [0.15, 0.2) is 71.2 Å². The van der Waals surface area contributed by atoms with Gasteiger partial charge in [0.2, 0.25) is 11.6 Å². The molecular formula is C42H56O10. The van der Waals surface area contributed by atoms with Crippen molar-refractivity contribution in [2.24, 2.45) is 0 Å². The van der Waals surface area contributed by atoms with Crippen molar-refractivity contribution in [2.45, 2.75) is 116 Å². The Hall–Kier alpha value is -4.60. The number of carbonyl (C=O) groups excluding carboxylic acids is 4. The third-order valence-corrected chi connectivity index (χ3v) is 9.42. The van der Waals surface area contributed by atoms with Gasteiger partial charge in [0.15, 0.2) is 11.5 Å². The first-order valence-corrected chi connectivity index (χ1v) is 18.7. The number of aliphatic hydroxyl groups excluding tert-OH is 2. The zero-order chi connectivity index (χ0) is 37.9. The van der Waals surface area contributed by atoms with Crippen molar-refractivity contribution >= 4 is 23.5 Å². The smallest absolute Gasteiger partial charge is 0.306 e. The highest BCUT2D eigenvalue weighted by molar-refractivity contribution is 6.24. The number of rotatable bonds is 24. The Morgan fingerprint density at radius 3 is 1.19 bits per heavy atom. The summed E-state index contributed by atoms with van der Waals surface area (Å²) in [5.74, 6) is -6.33. The van der Waals surface area contributed by atoms with Gasteiger partial charge in [-0.25, -0.2) is 0 Å². The lowest BCUT2D eigenvalue weighted by atomic mass is 9.76. The van der Waals surface area contributed by atoms with E-state index in [0.29, 0.717) is 35.8 Å². The highest BCUT2D eigenvalue weighted by Gasteiger charge is 2.43. The van der Waals surface area contributed by atoms with Gasteiger partial charge in [0.05, 0.1) is 51.4 Å². The van der Waals surface area contributed by atoms with Crippen LogP contribution in [0.25, 0.3) is 0 Å². The lowest BCUT2D eigenvalue weighted by Gasteiger charge is -2.27. The maximum absolute atomic E-state index is 13.9. The first kappa shape index (κ1) is 41.8. The summed E-state index contributed by atoms with van der Waals surface area (Å²) in [5, 5.41) is 22.7. The number of hydrogen-bond donors (Lipinski definition) is 2. The Bertz CT molecular complexity index is 1410. The summed E-state index contributed by atoms with van der Waals surface area (Å²) in [6.45, 7) is 5.44. The fourth-order valence-electron chi connectivity index (χ4n) is 6.37. The highest BCUT2D eigenvalue weighted by atomic mass is 16.5. The fraction of sp³-hybridized carbons (Fsp3) is 0.524. The van der Waals surface area contributed by atoms with E-state index < -0.39 is 58.0 Å². The molecule has 0 bridgehead atoms. The Kier molecular flexibility index (Phi) is 18.0. The maximum Gasteiger partial charge on any atom is 0.306 e. The zero-order valence-electron chi connectivity index (χ0n) is 31.2. The summed E-state index contributed by atoms with van der Waals surface area (Å²) in [7, 11) is 2.39. The second kappa shape index (κ2) is 22.4. The second-order valence-corrected chi connectivity index (χ2v) is 13.2. The third kappa shape index (κ3) is 12.3. The van der Waals surface area contributed by atoms with E-state index in [1.165, 1.54) is 52.7 Å². The molecule has 2 atom stereocenters. The van der Waals surface area contributed by atoms with E-state index in [1.54, 1.807) is 48.5 Å². The van der Waals surface area contributed by atoms with Gasteiger partial charge < -0.3 is 29.2 Å². The van der Waals surface area contributed by atoms with E-state index >= 15 is 0 Å². The predicted octanol–water partition coefficient (Wildman–Crippen LogP) is 8.93. The van der Waals surface area contributed by atoms with Gasteiger partial charge in [-0.1, -0.05) is 102 Å². The van der Waals surface area contributed by atoms with Crippen LogP contribution < -0.4 is 9.47 Å². The molecule has 0 radical (unpaired) electrons. The summed E-state index contributed by atoms with van der Waals surface area (Å²) >= 11 is 0. The standard InChI is InChI=1S/C42H56O10/c1-5-7-9-11-13-15-25-51-31-21-17-29(18-22-31)33(27-35(43)49-3)37-39(45)41(47)38(42(48)40(37)46)34(28-36(44)50-4)30-19-23-32(24-20-30)52-26-16-14-12-10-8-6-2/h17-24,33-34,45,48H,5-16,25-28H2,1-4H3. The lowest BCUT2D eigenvalue weighted by molar-refractivity contribution is -0.142. The van der Waals surface area contributed by atoms with Gasteiger partial charge in [0.1, 0.15) is 11.5 Å². The molecule has 0 amide bonds. The number of hydrogen-bond acceptors (Lipinski definition) is 10. The average Bonchev–Trinajstić information content (AvgIpc) is 3.16. The molecule has 2 N–H and O–H groups in total. The van der Waals surface area contributed by atoms with Crippen LogP contribution in [0.2, 0.25) is 0 Å². The SMILES string of the molecule is CCCCCCCCOc1ccc(C(CC(=O)OC)C2=C(O)C(=O)C(C(CC(=O)OC)c3ccc(OCCCCCCCC)cc3)=C(O)C2=O)cc1. The minimum Gasteiger partial charge on any atom is -0.504 e. The normalized spacial score (nSPS) is 14.3. The van der Waals surface area contributed by atoms with E-state index in [0.717, 1.165) is 38.5 Å². The molecule has 52 heavy (non-hydrogen) atoms. The molecule has 2 aromatic rings. The predicted molar refractivity (Wildman–Crippen MR) is 199 cm³/mol. The molecule has 0 aromatic heterocycles. The number of aliphatic hydroxyl groups is 2. The molecule has 1 aliphatic carbocycles. The van der Waals surface area contributed by atoms with E-state index in [2.05, 4.69) is 13.8 Å². The molecule has 0 aliphatic heterocycles. The minimum absolute atomic E-state index is 0.388. The van der Waals surface area contributed by atoms with Crippen molar-refractivity contribution in [3.63, 3.8) is 0 Å². The van der Waals surface area contributed by atoms with Gasteiger partial charge in [-0.05, 0) is 48.2 Å². The molecule has 10 heteroatoms. The summed E-state index contributed by atoms with van der Waals surface area (Å²) in [6, 6.07) is 13.4. The average molecular weight is 721 g/mol. The molecule has 3 rings (SSSR count). The van der Waals surface area contributed by atoms with Gasteiger partial charge >= 0.3 is 11.9 Å². The molecular weight excluding hydrogens is 664 g/mol. The number of ether oxygens (including phenoxy) is 4. The Morgan fingerprint density at radius 2 is 0.865 bits per heavy atom. The van der Waals surface area contributed by atoms with Crippen molar-refractivity contribution in [1.82, 2.24) is 0 Å². The van der Waals surface area contributed by atoms with E-state index in [-0.39, 0.29) is 12.8 Å². The molecule has 284 valence electrons. The van der Waals surface area contributed by atoms with Crippen LogP contribution in [0, 0.1) is 0 Å². The van der Waals surface area contributed by atoms with E-state index in [4.69, 9.17) is 18.9 Å². The Labute approximate surface area is 308 Å². The number of carbonyl (C=O) groups is 4. The van der Waals surface area contributed by atoms with E-state index in [9.17, 15) is 29.4 Å². The number of unbranched alkanes of at least 4 members (excludes halogenated alkanes) is 10. The quantitative estimate of drug-likeness (QED) is 0.0612. The van der Waals surface area contributed by atoms with Gasteiger partial charge in [-0.15, -0.1) is 0 Å². The molecule has 2 aromatic carbocycles. The number of ketones is 2. The third-order valence-electron chi connectivity index (χ3n) is 9.42. The van der Waals surface area contributed by atoms with Crippen LogP contribution in [0.5, 0.6) is 11.5 Å². The minimum atomic E-state index is -1.12. The van der Waals surface area contributed by atoms with Crippen LogP contribution in [-0.4, -0.2) is 61.2 Å². The molecule has 0 spiro atoms. The van der Waals surface area contributed by atoms with Crippen LogP contribution in [-0.2, 0) is 28.7 Å². The van der Waals surface area contributed by atoms with E-state index in [1.807, 2.05) is 0 Å². The van der Waals surface area contributed by atoms with Crippen molar-refractivity contribution in [3.05, 3.63) is 82.3 Å². The van der Waals surface area contributed by atoms with Gasteiger partial charge in [0.25, 0.3) is 0 Å².